The van der Waals surface area contributed by atoms with Crippen molar-refractivity contribution in [2.45, 2.75) is 26.8 Å². The molecule has 0 amide bonds. The molecule has 0 saturated carbocycles. The van der Waals surface area contributed by atoms with Gasteiger partial charge >= 0.3 is 11.9 Å². The van der Waals surface area contributed by atoms with Crippen molar-refractivity contribution in [3.63, 3.8) is 0 Å². The Kier molecular flexibility index (Phi) is 9.49. The smallest absolute Gasteiger partial charge is 0.344 e. The van der Waals surface area contributed by atoms with Crippen molar-refractivity contribution >= 4 is 56.9 Å². The summed E-state index contributed by atoms with van der Waals surface area (Å²) in [7, 11) is 1.47. The van der Waals surface area contributed by atoms with Gasteiger partial charge in [0.15, 0.2) is 22.9 Å². The summed E-state index contributed by atoms with van der Waals surface area (Å²) in [6, 6.07) is 9.61. The highest BCUT2D eigenvalue weighted by molar-refractivity contribution is 9.10. The van der Waals surface area contributed by atoms with E-state index in [1.165, 1.54) is 11.7 Å². The van der Waals surface area contributed by atoms with E-state index in [0.717, 1.165) is 11.3 Å². The number of aromatic nitrogens is 1. The van der Waals surface area contributed by atoms with Gasteiger partial charge in [-0.15, -0.1) is 0 Å². The van der Waals surface area contributed by atoms with Gasteiger partial charge in [-0.3, -0.25) is 9.36 Å². The quantitative estimate of drug-likeness (QED) is 0.321. The Balaban J connectivity index is 1.93. The monoisotopic (exact) mass is 648 g/mol. The second-order valence-corrected chi connectivity index (χ2v) is 10.8. The fourth-order valence-corrected chi connectivity index (χ4v) is 5.99. The number of methoxy groups -OCH3 is 1. The predicted molar refractivity (Wildman–Crippen MR) is 155 cm³/mol. The van der Waals surface area contributed by atoms with Gasteiger partial charge < -0.3 is 18.9 Å². The predicted octanol–water partition coefficient (Wildman–Crippen LogP) is 4.16. The molecule has 0 saturated heterocycles. The van der Waals surface area contributed by atoms with Crippen LogP contribution < -0.4 is 24.4 Å². The number of thiazole rings is 1. The van der Waals surface area contributed by atoms with Crippen LogP contribution in [0.4, 0.5) is 0 Å². The summed E-state index contributed by atoms with van der Waals surface area (Å²) >= 11 is 11.2. The average molecular weight is 650 g/mol. The molecule has 0 fully saturated rings. The Hall–Kier alpha value is -3.41. The number of benzene rings is 2. The molecule has 9 nitrogen and oxygen atoms in total. The number of carbonyl (C=O) groups is 2. The molecule has 0 aliphatic carbocycles. The van der Waals surface area contributed by atoms with Gasteiger partial charge in [-0.2, -0.15) is 0 Å². The van der Waals surface area contributed by atoms with Crippen LogP contribution in [0.3, 0.4) is 0 Å². The lowest BCUT2D eigenvalue weighted by molar-refractivity contribution is -0.145. The first-order chi connectivity index (χ1) is 19.2. The van der Waals surface area contributed by atoms with Crippen molar-refractivity contribution in [2.75, 3.05) is 26.9 Å². The first-order valence-corrected chi connectivity index (χ1v) is 14.3. The first kappa shape index (κ1) is 29.6. The Morgan fingerprint density at radius 1 is 1.18 bits per heavy atom. The van der Waals surface area contributed by atoms with Crippen LogP contribution in [-0.2, 0) is 19.1 Å². The number of esters is 2. The number of hydrogen-bond acceptors (Lipinski definition) is 9. The number of fused-ring (bicyclic) bond motifs is 1. The maximum Gasteiger partial charge on any atom is 0.344 e. The van der Waals surface area contributed by atoms with Gasteiger partial charge in [0.05, 0.1) is 36.1 Å². The van der Waals surface area contributed by atoms with E-state index in [-0.39, 0.29) is 31.1 Å². The molecule has 1 aliphatic heterocycles. The molecule has 0 radical (unpaired) electrons. The second-order valence-electron chi connectivity index (χ2n) is 8.44. The van der Waals surface area contributed by atoms with E-state index in [1.54, 1.807) is 63.2 Å². The Labute approximate surface area is 247 Å². The Bertz CT molecular complexity index is 1680. The minimum absolute atomic E-state index is 0.161. The van der Waals surface area contributed by atoms with E-state index < -0.39 is 23.5 Å². The van der Waals surface area contributed by atoms with Gasteiger partial charge in [0, 0.05) is 15.1 Å². The van der Waals surface area contributed by atoms with Crippen LogP contribution >= 0.6 is 38.9 Å². The summed E-state index contributed by atoms with van der Waals surface area (Å²) in [5.41, 5.74) is 1.32. The highest BCUT2D eigenvalue weighted by atomic mass is 79.9. The van der Waals surface area contributed by atoms with Crippen molar-refractivity contribution in [3.8, 4) is 11.5 Å². The normalized spacial score (nSPS) is 14.8. The fraction of sp³-hybridized carbons (Fsp3) is 0.286. The minimum atomic E-state index is -0.845. The summed E-state index contributed by atoms with van der Waals surface area (Å²) in [5.74, 6) is -0.503. The molecule has 3 aromatic rings. The van der Waals surface area contributed by atoms with Gasteiger partial charge in [-0.1, -0.05) is 57.1 Å². The molecular weight excluding hydrogens is 624 g/mol. The topological polar surface area (TPSA) is 105 Å². The van der Waals surface area contributed by atoms with E-state index in [9.17, 15) is 14.4 Å². The number of nitrogens with zero attached hydrogens (tertiary/aromatic N) is 2. The van der Waals surface area contributed by atoms with E-state index in [2.05, 4.69) is 20.9 Å². The lowest BCUT2D eigenvalue weighted by Gasteiger charge is -2.25. The van der Waals surface area contributed by atoms with Crippen molar-refractivity contribution in [1.29, 1.82) is 0 Å². The lowest BCUT2D eigenvalue weighted by Crippen LogP contribution is -2.40. The van der Waals surface area contributed by atoms with E-state index in [4.69, 9.17) is 30.5 Å². The molecule has 210 valence electrons. The summed E-state index contributed by atoms with van der Waals surface area (Å²) in [6.07, 6.45) is 1.63. The summed E-state index contributed by atoms with van der Waals surface area (Å²) in [4.78, 5) is 44.0. The van der Waals surface area contributed by atoms with Gasteiger partial charge in [-0.05, 0) is 50.6 Å². The molecule has 1 aliphatic rings. The van der Waals surface area contributed by atoms with Crippen molar-refractivity contribution in [2.24, 2.45) is 4.99 Å². The third-order valence-electron chi connectivity index (χ3n) is 5.91. The van der Waals surface area contributed by atoms with Crippen molar-refractivity contribution < 1.29 is 28.5 Å². The van der Waals surface area contributed by atoms with E-state index in [0.29, 0.717) is 41.4 Å². The lowest BCUT2D eigenvalue weighted by atomic mass is 9.96. The molecule has 1 atom stereocenters. The van der Waals surface area contributed by atoms with E-state index in [1.807, 2.05) is 0 Å². The molecule has 0 spiro atoms. The molecule has 2 aromatic carbocycles. The largest absolute Gasteiger partial charge is 0.493 e. The maximum absolute atomic E-state index is 14.0. The second kappa shape index (κ2) is 12.8. The molecule has 12 heteroatoms. The van der Waals surface area contributed by atoms with Gasteiger partial charge in [0.1, 0.15) is 6.04 Å². The Morgan fingerprint density at radius 3 is 2.58 bits per heavy atom. The molecular formula is C28H26BrClN2O7S. The number of hydrogen-bond donors (Lipinski definition) is 0. The van der Waals surface area contributed by atoms with Crippen LogP contribution in [-0.4, -0.2) is 43.4 Å². The zero-order valence-corrected chi connectivity index (χ0v) is 25.3. The highest BCUT2D eigenvalue weighted by Gasteiger charge is 2.34. The SMILES string of the molecule is CCOC(=O)COc1c(/C=c2\sc3n(c2=O)[C@@H](c2ccccc2Cl)C(C(=O)OCC)=C(C)N=3)cc(Br)cc1OC. The minimum Gasteiger partial charge on any atom is -0.493 e. The fourth-order valence-electron chi connectivity index (χ4n) is 4.26. The number of carbonyl (C=O) groups excluding carboxylic acids is 2. The van der Waals surface area contributed by atoms with Crippen molar-refractivity contribution in [3.05, 3.63) is 88.0 Å². The summed E-state index contributed by atoms with van der Waals surface area (Å²) in [5, 5.41) is 0.393. The summed E-state index contributed by atoms with van der Waals surface area (Å²) < 4.78 is 24.0. The molecule has 0 unspecified atom stereocenters. The van der Waals surface area contributed by atoms with Crippen LogP contribution in [0.2, 0.25) is 5.02 Å². The third-order valence-corrected chi connectivity index (χ3v) is 7.70. The number of halogens is 2. The maximum atomic E-state index is 14.0. The molecule has 4 rings (SSSR count). The number of ether oxygens (including phenoxy) is 4. The van der Waals surface area contributed by atoms with Gasteiger partial charge in [-0.25, -0.2) is 14.6 Å². The van der Waals surface area contributed by atoms with Gasteiger partial charge in [0.2, 0.25) is 0 Å². The van der Waals surface area contributed by atoms with Crippen LogP contribution in [0.1, 0.15) is 37.9 Å². The van der Waals surface area contributed by atoms with Crippen LogP contribution in [0, 0.1) is 0 Å². The van der Waals surface area contributed by atoms with E-state index >= 15 is 0 Å². The molecule has 0 N–H and O–H groups in total. The third kappa shape index (κ3) is 6.01. The Morgan fingerprint density at radius 2 is 1.90 bits per heavy atom. The zero-order valence-electron chi connectivity index (χ0n) is 22.2. The summed E-state index contributed by atoms with van der Waals surface area (Å²) in [6.45, 7) is 5.15. The van der Waals surface area contributed by atoms with Gasteiger partial charge in [0.25, 0.3) is 5.56 Å². The number of rotatable bonds is 9. The highest BCUT2D eigenvalue weighted by Crippen LogP contribution is 2.36. The van der Waals surface area contributed by atoms with Crippen LogP contribution in [0.5, 0.6) is 11.5 Å². The average Bonchev–Trinajstić information content (AvgIpc) is 3.21. The zero-order chi connectivity index (χ0) is 29.0. The first-order valence-electron chi connectivity index (χ1n) is 12.3. The molecule has 40 heavy (non-hydrogen) atoms. The van der Waals surface area contributed by atoms with Crippen LogP contribution in [0.15, 0.2) is 61.9 Å². The molecule has 2 heterocycles. The number of allylic oxidation sites excluding steroid dienone is 1. The van der Waals surface area contributed by atoms with Crippen molar-refractivity contribution in [1.82, 2.24) is 4.57 Å². The van der Waals surface area contributed by atoms with Crippen LogP contribution in [0.25, 0.3) is 6.08 Å². The molecule has 0 bridgehead atoms. The standard InChI is InChI=1S/C28H26BrClN2O7S/c1-5-37-22(33)14-39-25-16(11-17(29)13-20(25)36-4)12-21-26(34)32-24(18-9-7-8-10-19(18)30)23(27(35)38-6-2)15(3)31-28(32)40-21/h7-13,24H,5-6,14H2,1-4H3/b21-12-/t24-/m0/s1. The molecule has 1 aromatic heterocycles.